The summed E-state index contributed by atoms with van der Waals surface area (Å²) in [6.45, 7) is 2.61. The third-order valence-electron chi connectivity index (χ3n) is 4.98. The molecule has 1 atom stereocenters. The maximum absolute atomic E-state index is 13.7. The number of hydrogen-bond donors (Lipinski definition) is 2. The lowest BCUT2D eigenvalue weighted by atomic mass is 10.2. The van der Waals surface area contributed by atoms with Gasteiger partial charge in [0.05, 0.1) is 12.7 Å². The molecule has 0 radical (unpaired) electrons. The lowest BCUT2D eigenvalue weighted by molar-refractivity contribution is -0.862. The molecule has 0 bridgehead atoms. The highest BCUT2D eigenvalue weighted by Gasteiger charge is 2.24. The number of para-hydroxylation sites is 1. The fourth-order valence-electron chi connectivity index (χ4n) is 3.38. The number of benzene rings is 2. The zero-order valence-electron chi connectivity index (χ0n) is 16.6. The van der Waals surface area contributed by atoms with E-state index in [0.717, 1.165) is 30.9 Å². The lowest BCUT2D eigenvalue weighted by Gasteiger charge is -2.36. The van der Waals surface area contributed by atoms with E-state index in [1.165, 1.54) is 0 Å². The molecule has 0 aliphatic carbocycles. The van der Waals surface area contributed by atoms with E-state index < -0.39 is 29.0 Å². The third kappa shape index (κ3) is 5.29. The molecule has 6 nitrogen and oxygen atoms in total. The van der Waals surface area contributed by atoms with E-state index in [4.69, 9.17) is 0 Å². The summed E-state index contributed by atoms with van der Waals surface area (Å²) < 4.78 is 39.9. The van der Waals surface area contributed by atoms with Gasteiger partial charge in [-0.2, -0.15) is 0 Å². The predicted molar refractivity (Wildman–Crippen MR) is 107 cm³/mol. The molecule has 3 rings (SSSR count). The number of hydrogen-bond acceptors (Lipinski definition) is 3. The van der Waals surface area contributed by atoms with Crippen molar-refractivity contribution in [1.82, 2.24) is 4.90 Å². The number of carbonyl (C=O) groups excluding carboxylic acids is 2. The Morgan fingerprint density at radius 2 is 1.60 bits per heavy atom. The first-order valence-electron chi connectivity index (χ1n) is 9.67. The van der Waals surface area contributed by atoms with Gasteiger partial charge in [-0.1, -0.05) is 18.2 Å². The summed E-state index contributed by atoms with van der Waals surface area (Å²) in [7, 11) is 1.67. The van der Waals surface area contributed by atoms with Crippen molar-refractivity contribution in [2.45, 2.75) is 0 Å². The molecule has 1 aliphatic heterocycles. The van der Waals surface area contributed by atoms with Crippen molar-refractivity contribution >= 4 is 23.2 Å². The van der Waals surface area contributed by atoms with E-state index in [0.29, 0.717) is 18.0 Å². The number of piperazine rings is 1. The van der Waals surface area contributed by atoms with Crippen LogP contribution < -0.4 is 15.1 Å². The van der Waals surface area contributed by atoms with Crippen LogP contribution in [0, 0.1) is 17.5 Å². The van der Waals surface area contributed by atoms with Crippen LogP contribution in [0.4, 0.5) is 24.5 Å². The lowest BCUT2D eigenvalue weighted by Crippen LogP contribution is -3.11. The van der Waals surface area contributed by atoms with Crippen LogP contribution in [0.5, 0.6) is 0 Å². The van der Waals surface area contributed by atoms with Crippen LogP contribution in [0.15, 0.2) is 42.5 Å². The molecule has 1 saturated heterocycles. The molecule has 2 amide bonds. The largest absolute Gasteiger partial charge is 0.368 e. The van der Waals surface area contributed by atoms with Crippen molar-refractivity contribution in [2.24, 2.45) is 0 Å². The predicted octanol–water partition coefficient (Wildman–Crippen LogP) is 0.906. The molecule has 1 unspecified atom stereocenters. The molecule has 0 spiro atoms. The molecule has 2 aromatic rings. The number of nitrogens with zero attached hydrogens (tertiary/aromatic N) is 2. The number of carbonyl (C=O) groups is 2. The summed E-state index contributed by atoms with van der Waals surface area (Å²) in [6, 6.07) is 11.7. The van der Waals surface area contributed by atoms with Gasteiger partial charge in [-0.05, 0) is 24.3 Å². The van der Waals surface area contributed by atoms with Gasteiger partial charge in [0.1, 0.15) is 0 Å². The minimum Gasteiger partial charge on any atom is -0.368 e. The molecule has 0 saturated carbocycles. The zero-order chi connectivity index (χ0) is 21.7. The van der Waals surface area contributed by atoms with Crippen molar-refractivity contribution in [2.75, 3.05) is 56.5 Å². The summed E-state index contributed by atoms with van der Waals surface area (Å²) in [5.41, 5.74) is 0.684. The summed E-state index contributed by atoms with van der Waals surface area (Å²) >= 11 is 0. The molecular formula is C21H24F3N4O2+. The molecule has 9 heteroatoms. The SMILES string of the molecule is C[NH+](CC(=O)Nc1ccc(F)c(F)c1F)CC(=O)N1CCN(c2ccccc2)CC1. The van der Waals surface area contributed by atoms with Gasteiger partial charge < -0.3 is 20.0 Å². The molecule has 2 N–H and O–H groups in total. The average Bonchev–Trinajstić information content (AvgIpc) is 2.74. The van der Waals surface area contributed by atoms with Crippen LogP contribution in [-0.4, -0.2) is 63.0 Å². The van der Waals surface area contributed by atoms with Crippen LogP contribution in [-0.2, 0) is 9.59 Å². The first-order chi connectivity index (χ1) is 14.3. The van der Waals surface area contributed by atoms with Crippen LogP contribution in [0.3, 0.4) is 0 Å². The highest BCUT2D eigenvalue weighted by Crippen LogP contribution is 2.19. The topological polar surface area (TPSA) is 57.1 Å². The summed E-state index contributed by atoms with van der Waals surface area (Å²) in [5, 5.41) is 2.21. The van der Waals surface area contributed by atoms with Crippen molar-refractivity contribution in [3.8, 4) is 0 Å². The second-order valence-electron chi connectivity index (χ2n) is 7.29. The number of quaternary nitrogens is 1. The Hall–Kier alpha value is -3.07. The first-order valence-corrected chi connectivity index (χ1v) is 9.67. The highest BCUT2D eigenvalue weighted by atomic mass is 19.2. The minimum atomic E-state index is -1.64. The number of rotatable bonds is 6. The van der Waals surface area contributed by atoms with Gasteiger partial charge in [0.25, 0.3) is 11.8 Å². The van der Waals surface area contributed by atoms with Gasteiger partial charge in [0, 0.05) is 31.9 Å². The maximum atomic E-state index is 13.7. The van der Waals surface area contributed by atoms with Crippen LogP contribution in [0.2, 0.25) is 0 Å². The average molecular weight is 421 g/mol. The molecule has 30 heavy (non-hydrogen) atoms. The molecule has 160 valence electrons. The minimum absolute atomic E-state index is 0.0768. The molecule has 1 heterocycles. The number of likely N-dealkylation sites (N-methyl/N-ethyl adjacent to an activating group) is 1. The normalized spacial score (nSPS) is 15.1. The van der Waals surface area contributed by atoms with E-state index in [1.54, 1.807) is 11.9 Å². The molecular weight excluding hydrogens is 397 g/mol. The van der Waals surface area contributed by atoms with E-state index >= 15 is 0 Å². The van der Waals surface area contributed by atoms with Crippen molar-refractivity contribution in [3.05, 3.63) is 59.9 Å². The Labute approximate surface area is 172 Å². The third-order valence-corrected chi connectivity index (χ3v) is 4.98. The van der Waals surface area contributed by atoms with E-state index in [1.807, 2.05) is 30.3 Å². The van der Waals surface area contributed by atoms with Gasteiger partial charge in [-0.15, -0.1) is 0 Å². The van der Waals surface area contributed by atoms with Crippen molar-refractivity contribution < 1.29 is 27.7 Å². The van der Waals surface area contributed by atoms with Gasteiger partial charge in [0.2, 0.25) is 0 Å². The molecule has 1 aliphatic rings. The Morgan fingerprint density at radius 1 is 0.933 bits per heavy atom. The maximum Gasteiger partial charge on any atom is 0.279 e. The fraction of sp³-hybridized carbons (Fsp3) is 0.333. The quantitative estimate of drug-likeness (QED) is 0.682. The molecule has 1 fully saturated rings. The van der Waals surface area contributed by atoms with Crippen molar-refractivity contribution in [3.63, 3.8) is 0 Å². The monoisotopic (exact) mass is 421 g/mol. The fourth-order valence-corrected chi connectivity index (χ4v) is 3.38. The number of anilines is 2. The Bertz CT molecular complexity index is 903. The van der Waals surface area contributed by atoms with Gasteiger partial charge in [-0.3, -0.25) is 9.59 Å². The number of amides is 2. The highest BCUT2D eigenvalue weighted by molar-refractivity contribution is 5.91. The van der Waals surface area contributed by atoms with Crippen molar-refractivity contribution in [1.29, 1.82) is 0 Å². The summed E-state index contributed by atoms with van der Waals surface area (Å²) in [6.07, 6.45) is 0. The van der Waals surface area contributed by atoms with Gasteiger partial charge in [0.15, 0.2) is 30.5 Å². The first kappa shape index (κ1) is 21.6. The van der Waals surface area contributed by atoms with Crippen LogP contribution >= 0.6 is 0 Å². The smallest absolute Gasteiger partial charge is 0.279 e. The van der Waals surface area contributed by atoms with E-state index in [2.05, 4.69) is 10.2 Å². The summed E-state index contributed by atoms with van der Waals surface area (Å²) in [4.78, 5) is 29.2. The zero-order valence-corrected chi connectivity index (χ0v) is 16.6. The standard InChI is InChI=1S/C21H23F3N4O2/c1-26(13-18(29)25-17-8-7-16(22)20(23)21(17)24)14-19(30)28-11-9-27(10-12-28)15-5-3-2-4-6-15/h2-8H,9-14H2,1H3,(H,25,29)/p+1. The summed E-state index contributed by atoms with van der Waals surface area (Å²) in [5.74, 6) is -5.09. The van der Waals surface area contributed by atoms with Crippen LogP contribution in [0.1, 0.15) is 0 Å². The molecule has 0 aromatic heterocycles. The second-order valence-corrected chi connectivity index (χ2v) is 7.29. The number of nitrogens with one attached hydrogen (secondary N) is 2. The molecule has 2 aromatic carbocycles. The van der Waals surface area contributed by atoms with Gasteiger partial charge >= 0.3 is 0 Å². The van der Waals surface area contributed by atoms with Crippen LogP contribution in [0.25, 0.3) is 0 Å². The number of halogens is 3. The second kappa shape index (κ2) is 9.62. The van der Waals surface area contributed by atoms with Gasteiger partial charge in [-0.25, -0.2) is 13.2 Å². The van der Waals surface area contributed by atoms with E-state index in [-0.39, 0.29) is 19.0 Å². The Morgan fingerprint density at radius 3 is 2.27 bits per heavy atom. The Kier molecular flexibility index (Phi) is 6.94. The van der Waals surface area contributed by atoms with E-state index in [9.17, 15) is 22.8 Å². The Balaban J connectivity index is 1.46.